The highest BCUT2D eigenvalue weighted by atomic mass is 28.2. The Balaban J connectivity index is 2.18. The van der Waals surface area contributed by atoms with Crippen LogP contribution in [0.5, 0.6) is 5.75 Å². The van der Waals surface area contributed by atoms with Gasteiger partial charge in [-0.3, -0.25) is 0 Å². The molecule has 0 atom stereocenters. The standard InChI is InChI=1S/C18H33NO3Si/c1-3-5-12-21-18(22-13-6-4-2)23-15-9-14-20-17-11-8-7-10-16(17)19/h7-8,10-11,18H,3-6,9,12-15,19,23H2,1-2H3. The van der Waals surface area contributed by atoms with E-state index in [9.17, 15) is 0 Å². The van der Waals surface area contributed by atoms with Crippen LogP contribution in [0.15, 0.2) is 24.3 Å². The van der Waals surface area contributed by atoms with E-state index in [1.807, 2.05) is 24.3 Å². The first-order valence-electron chi connectivity index (χ1n) is 8.98. The molecule has 132 valence electrons. The van der Waals surface area contributed by atoms with E-state index in [0.29, 0.717) is 12.3 Å². The lowest BCUT2D eigenvalue weighted by Gasteiger charge is -2.18. The smallest absolute Gasteiger partial charge is 0.142 e. The normalized spacial score (nSPS) is 11.6. The van der Waals surface area contributed by atoms with Gasteiger partial charge >= 0.3 is 0 Å². The molecule has 1 aromatic carbocycles. The van der Waals surface area contributed by atoms with Crippen molar-refractivity contribution in [2.75, 3.05) is 25.6 Å². The number of unbranched alkanes of at least 4 members (excludes halogenated alkanes) is 2. The minimum atomic E-state index is -0.396. The van der Waals surface area contributed by atoms with Gasteiger partial charge in [-0.15, -0.1) is 0 Å². The molecule has 0 fully saturated rings. The predicted octanol–water partition coefficient (Wildman–Crippen LogP) is 3.54. The maximum atomic E-state index is 5.89. The van der Waals surface area contributed by atoms with Gasteiger partial charge in [-0.05, 0) is 31.4 Å². The van der Waals surface area contributed by atoms with Crippen molar-refractivity contribution in [3.05, 3.63) is 24.3 Å². The second kappa shape index (κ2) is 13.4. The zero-order valence-electron chi connectivity index (χ0n) is 14.8. The number of hydrogen-bond acceptors (Lipinski definition) is 4. The summed E-state index contributed by atoms with van der Waals surface area (Å²) in [5.41, 5.74) is 6.57. The lowest BCUT2D eigenvalue weighted by molar-refractivity contribution is -0.0921. The number of anilines is 1. The van der Waals surface area contributed by atoms with Crippen molar-refractivity contribution in [3.8, 4) is 5.75 Å². The fourth-order valence-electron chi connectivity index (χ4n) is 2.14. The fraction of sp³-hybridized carbons (Fsp3) is 0.667. The highest BCUT2D eigenvalue weighted by Crippen LogP contribution is 2.19. The van der Waals surface area contributed by atoms with Crippen LogP contribution in [0, 0.1) is 0 Å². The van der Waals surface area contributed by atoms with Crippen LogP contribution >= 0.6 is 0 Å². The highest BCUT2D eigenvalue weighted by Gasteiger charge is 2.09. The zero-order chi connectivity index (χ0) is 16.8. The number of hydrogen-bond donors (Lipinski definition) is 1. The van der Waals surface area contributed by atoms with E-state index in [1.165, 1.54) is 0 Å². The summed E-state index contributed by atoms with van der Waals surface area (Å²) in [5, 5.41) is 0. The number of benzene rings is 1. The average Bonchev–Trinajstić information content (AvgIpc) is 2.56. The van der Waals surface area contributed by atoms with E-state index in [0.717, 1.165) is 57.1 Å². The van der Waals surface area contributed by atoms with Gasteiger partial charge in [0, 0.05) is 13.2 Å². The molecule has 0 aliphatic carbocycles. The van der Waals surface area contributed by atoms with Crippen molar-refractivity contribution in [2.24, 2.45) is 0 Å². The molecule has 1 aromatic rings. The van der Waals surface area contributed by atoms with Crippen LogP contribution < -0.4 is 10.5 Å². The third-order valence-corrected chi connectivity index (χ3v) is 5.47. The molecule has 0 spiro atoms. The summed E-state index contributed by atoms with van der Waals surface area (Å²) in [4.78, 5) is 0. The zero-order valence-corrected chi connectivity index (χ0v) is 16.2. The van der Waals surface area contributed by atoms with Gasteiger partial charge in [-0.25, -0.2) is 0 Å². The van der Waals surface area contributed by atoms with E-state index < -0.39 is 9.52 Å². The summed E-state index contributed by atoms with van der Waals surface area (Å²) in [6.07, 6.45) is 5.58. The molecule has 1 rings (SSSR count). The maximum Gasteiger partial charge on any atom is 0.142 e. The highest BCUT2D eigenvalue weighted by molar-refractivity contribution is 6.36. The average molecular weight is 340 g/mol. The van der Waals surface area contributed by atoms with Crippen LogP contribution in [-0.4, -0.2) is 35.3 Å². The van der Waals surface area contributed by atoms with Crippen molar-refractivity contribution in [1.82, 2.24) is 0 Å². The number of rotatable bonds is 14. The van der Waals surface area contributed by atoms with E-state index in [4.69, 9.17) is 19.9 Å². The maximum absolute atomic E-state index is 5.89. The SMILES string of the molecule is CCCCOC(OCCCC)[SiH2]CCCOc1ccccc1N. The lowest BCUT2D eigenvalue weighted by atomic mass is 10.3. The van der Waals surface area contributed by atoms with Crippen molar-refractivity contribution >= 4 is 15.2 Å². The Morgan fingerprint density at radius 3 is 2.22 bits per heavy atom. The molecule has 0 bridgehead atoms. The Bertz CT molecular complexity index is 394. The lowest BCUT2D eigenvalue weighted by Crippen LogP contribution is -2.26. The van der Waals surface area contributed by atoms with Crippen molar-refractivity contribution in [2.45, 2.75) is 57.9 Å². The molecule has 0 aliphatic heterocycles. The molecule has 2 N–H and O–H groups in total. The van der Waals surface area contributed by atoms with Crippen molar-refractivity contribution in [1.29, 1.82) is 0 Å². The summed E-state index contributed by atoms with van der Waals surface area (Å²) in [6, 6.07) is 8.80. The van der Waals surface area contributed by atoms with Gasteiger partial charge in [0.05, 0.1) is 21.8 Å². The summed E-state index contributed by atoms with van der Waals surface area (Å²) in [5.74, 6) is 0.846. The van der Waals surface area contributed by atoms with Gasteiger partial charge in [-0.1, -0.05) is 44.9 Å². The van der Waals surface area contributed by atoms with E-state index >= 15 is 0 Å². The number of nitrogens with two attached hydrogens (primary N) is 1. The fourth-order valence-corrected chi connectivity index (χ4v) is 3.63. The Morgan fingerprint density at radius 1 is 0.957 bits per heavy atom. The predicted molar refractivity (Wildman–Crippen MR) is 99.8 cm³/mol. The van der Waals surface area contributed by atoms with Gasteiger partial charge in [-0.2, -0.15) is 0 Å². The van der Waals surface area contributed by atoms with Gasteiger partial charge in [0.2, 0.25) is 0 Å². The number of nitrogen functional groups attached to an aromatic ring is 1. The van der Waals surface area contributed by atoms with Gasteiger partial charge in [0.1, 0.15) is 11.7 Å². The summed E-state index contributed by atoms with van der Waals surface area (Å²) in [6.45, 7) is 6.70. The first kappa shape index (κ1) is 20.0. The largest absolute Gasteiger partial charge is 0.491 e. The third kappa shape index (κ3) is 9.64. The first-order valence-corrected chi connectivity index (χ1v) is 10.8. The van der Waals surface area contributed by atoms with Crippen LogP contribution in [-0.2, 0) is 9.47 Å². The van der Waals surface area contributed by atoms with E-state index in [-0.39, 0.29) is 5.91 Å². The minimum Gasteiger partial charge on any atom is -0.491 e. The molecule has 0 unspecified atom stereocenters. The quantitative estimate of drug-likeness (QED) is 0.244. The van der Waals surface area contributed by atoms with Crippen LogP contribution in [0.25, 0.3) is 0 Å². The molecule has 0 saturated heterocycles. The second-order valence-corrected chi connectivity index (χ2v) is 7.71. The van der Waals surface area contributed by atoms with E-state index in [2.05, 4.69) is 13.8 Å². The molecule has 0 aliphatic rings. The Hall–Kier alpha value is -1.04. The Morgan fingerprint density at radius 2 is 1.61 bits per heavy atom. The minimum absolute atomic E-state index is 0.0647. The van der Waals surface area contributed by atoms with Crippen LogP contribution in [0.1, 0.15) is 46.0 Å². The number of ether oxygens (including phenoxy) is 3. The molecular weight excluding hydrogens is 306 g/mol. The molecule has 0 radical (unpaired) electrons. The van der Waals surface area contributed by atoms with Crippen molar-refractivity contribution in [3.63, 3.8) is 0 Å². The van der Waals surface area contributed by atoms with Crippen LogP contribution in [0.4, 0.5) is 5.69 Å². The summed E-state index contributed by atoms with van der Waals surface area (Å²) >= 11 is 0. The first-order chi connectivity index (χ1) is 11.3. The van der Waals surface area contributed by atoms with Crippen LogP contribution in [0.2, 0.25) is 6.04 Å². The van der Waals surface area contributed by atoms with Gasteiger partial charge < -0.3 is 19.9 Å². The molecule has 0 saturated carbocycles. The molecule has 4 nitrogen and oxygen atoms in total. The van der Waals surface area contributed by atoms with Crippen LogP contribution in [0.3, 0.4) is 0 Å². The van der Waals surface area contributed by atoms with Crippen molar-refractivity contribution < 1.29 is 14.2 Å². The molecule has 0 amide bonds. The molecular formula is C18H33NO3Si. The second-order valence-electron chi connectivity index (χ2n) is 5.76. The third-order valence-electron chi connectivity index (χ3n) is 3.61. The molecule has 0 aromatic heterocycles. The monoisotopic (exact) mass is 339 g/mol. The topological polar surface area (TPSA) is 53.7 Å². The van der Waals surface area contributed by atoms with E-state index in [1.54, 1.807) is 0 Å². The van der Waals surface area contributed by atoms with Gasteiger partial charge in [0.25, 0.3) is 0 Å². The summed E-state index contributed by atoms with van der Waals surface area (Å²) in [7, 11) is -0.396. The molecule has 5 heteroatoms. The van der Waals surface area contributed by atoms with Gasteiger partial charge in [0.15, 0.2) is 0 Å². The summed E-state index contributed by atoms with van der Waals surface area (Å²) < 4.78 is 17.5. The molecule has 0 heterocycles. The Kier molecular flexibility index (Phi) is 11.7. The Labute approximate surface area is 143 Å². The molecule has 23 heavy (non-hydrogen) atoms. The number of para-hydroxylation sites is 2.